The fraction of sp³-hybridized carbons (Fsp3) is 0.393. The molecule has 9 amide bonds. The Morgan fingerprint density at radius 2 is 1.33 bits per heavy atom. The number of aliphatic hydroxyl groups excluding tert-OH is 6. The Kier molecular flexibility index (Phi) is 28.9. The number of primary amides is 1. The Hall–Kier alpha value is -11.7. The summed E-state index contributed by atoms with van der Waals surface area (Å²) in [4.78, 5) is 133. The number of fused-ring (bicyclic) bond motifs is 15. The van der Waals surface area contributed by atoms with E-state index in [1.165, 1.54) is 57.3 Å². The number of aromatic hydroxyl groups is 3. The maximum Gasteiger partial charge on any atom is 0.573 e. The predicted octanol–water partition coefficient (Wildman–Crippen LogP) is 3.53. The second-order valence-corrected chi connectivity index (χ2v) is 32.4. The Morgan fingerprint density at radius 3 is 1.95 bits per heavy atom. The lowest BCUT2D eigenvalue weighted by molar-refractivity contribution is -0.334. The number of aliphatic hydroxyl groups is 6. The van der Waals surface area contributed by atoms with Gasteiger partial charge in [0.05, 0.1) is 47.7 Å². The number of likely N-dealkylation sites (N-methyl/N-ethyl adjacent to an activating group) is 1. The second kappa shape index (κ2) is 39.0. The molecule has 7 heterocycles. The van der Waals surface area contributed by atoms with E-state index in [9.17, 15) is 78.3 Å². The highest BCUT2D eigenvalue weighted by Crippen LogP contribution is 2.50. The van der Waals surface area contributed by atoms with Crippen LogP contribution < -0.4 is 78.0 Å². The van der Waals surface area contributed by atoms with E-state index in [1.807, 2.05) is 13.8 Å². The molecule has 0 spiro atoms. The van der Waals surface area contributed by atoms with Crippen molar-refractivity contribution in [3.8, 4) is 62.9 Å². The fourth-order valence-electron chi connectivity index (χ4n) is 15.2. The summed E-state index contributed by atoms with van der Waals surface area (Å²) in [7, 11) is 4.27. The van der Waals surface area contributed by atoms with E-state index in [0.717, 1.165) is 78.9 Å². The number of hydrogen-bond donors (Lipinski definition) is 20. The van der Waals surface area contributed by atoms with E-state index in [1.54, 1.807) is 31.2 Å². The van der Waals surface area contributed by atoms with Crippen molar-refractivity contribution in [2.24, 2.45) is 11.7 Å². The Labute approximate surface area is 726 Å². The summed E-state index contributed by atoms with van der Waals surface area (Å²) in [5.41, 5.74) is 5.57. The Bertz CT molecular complexity index is 5300. The molecular formula is C84H93Cl2F3N12O25. The maximum absolute atomic E-state index is 16.3. The molecule has 42 heteroatoms. The van der Waals surface area contributed by atoms with E-state index in [2.05, 4.69) is 58.0 Å². The first-order valence-corrected chi connectivity index (χ1v) is 40.2. The molecule has 7 aromatic rings. The van der Waals surface area contributed by atoms with Crippen LogP contribution in [0, 0.1) is 5.92 Å². The van der Waals surface area contributed by atoms with Gasteiger partial charge in [-0.05, 0) is 151 Å². The molecule has 0 radical (unpaired) electrons. The van der Waals surface area contributed by atoms with E-state index in [4.69, 9.17) is 57.4 Å². The molecule has 0 aliphatic carbocycles. The first-order chi connectivity index (χ1) is 59.5. The maximum atomic E-state index is 16.3. The standard InChI is InChI=1S/C84H93Cl2F3N12O25/c1-35(2)21-50(91-5)75(113)98-66-68(108)40-14-19-54(48(85)25-40)121-56-27-42-28-57(72(56)125-82-73(71(111)70(110)58(34-102)123-82)124-61-32-83(4,74(112)36(3)120-61)92-33-38-9-8-10-43(22-38)93-60(107)23-37-11-16-45(17-12-37)126-84(87,88)89)122-55-20-15-41(26-49(55)86)69(109)67-80(118)97-65(81(119)100-101(6)7)47-29-44(103)30-53(105)62(47)46-24-39(13-18-52(46)104)63(77(115)99-67)96-78(116)64(42)95-76(114)51(31-59(90)106)94-79(66)117/h8-20,22,24-30,35-36,50-51,58,61,63-71,73-74,82,91-92,102-105,108-112H,21,23,31-34H2,1-7H3,(H2,90,106)(H,93,107)(H,94,117)(H,95,114)(H,96,116)(H,97,118)(H,98,113)(H,99,115)(H,100,119)/t36-,50+,51-,58+,61-,63+,64+,65+,66+,67-,68+,69+,70+,71-,73+,74+,82-,83-/m0/s1. The van der Waals surface area contributed by atoms with Gasteiger partial charge in [-0.1, -0.05) is 79.5 Å². The van der Waals surface area contributed by atoms with Crippen molar-refractivity contribution >= 4 is 82.1 Å². The average Bonchev–Trinajstić information content (AvgIpc) is 0.763. The fourth-order valence-corrected chi connectivity index (χ4v) is 15.7. The minimum absolute atomic E-state index is 0.0103. The summed E-state index contributed by atoms with van der Waals surface area (Å²) >= 11 is 14.4. The number of carbonyl (C=O) groups is 9. The monoisotopic (exact) mass is 1800 g/mol. The number of halogens is 5. The highest BCUT2D eigenvalue weighted by atomic mass is 35.5. The number of amides is 9. The van der Waals surface area contributed by atoms with Crippen LogP contribution in [0.3, 0.4) is 0 Å². The van der Waals surface area contributed by atoms with Crippen molar-refractivity contribution in [1.82, 2.24) is 53.0 Å². The van der Waals surface area contributed by atoms with E-state index in [0.29, 0.717) is 16.8 Å². The molecule has 674 valence electrons. The van der Waals surface area contributed by atoms with Gasteiger partial charge in [0.1, 0.15) is 101 Å². The number of rotatable bonds is 21. The number of ether oxygens (including phenoxy) is 7. The summed E-state index contributed by atoms with van der Waals surface area (Å²) in [6, 6.07) is 11.0. The van der Waals surface area contributed by atoms with Gasteiger partial charge in [-0.25, -0.2) is 5.01 Å². The van der Waals surface area contributed by atoms with Gasteiger partial charge in [-0.3, -0.25) is 48.6 Å². The number of carbonyl (C=O) groups excluding carboxylic acids is 9. The van der Waals surface area contributed by atoms with Crippen molar-refractivity contribution in [3.63, 3.8) is 0 Å². The lowest BCUT2D eigenvalue weighted by Gasteiger charge is -2.48. The van der Waals surface area contributed by atoms with Crippen molar-refractivity contribution in [3.05, 3.63) is 176 Å². The van der Waals surface area contributed by atoms with Crippen LogP contribution in [0.15, 0.2) is 127 Å². The Morgan fingerprint density at radius 1 is 0.698 bits per heavy atom. The zero-order chi connectivity index (χ0) is 91.4. The Balaban J connectivity index is 1.000. The van der Waals surface area contributed by atoms with Gasteiger partial charge in [-0.2, -0.15) is 0 Å². The highest BCUT2D eigenvalue weighted by Gasteiger charge is 2.53. The third kappa shape index (κ3) is 21.7. The minimum Gasteiger partial charge on any atom is -0.508 e. The molecule has 18 atom stereocenters. The van der Waals surface area contributed by atoms with Gasteiger partial charge in [-0.15, -0.1) is 13.2 Å². The topological polar surface area (TPSA) is 550 Å². The lowest BCUT2D eigenvalue weighted by Crippen LogP contribution is -2.65. The number of hydrazine groups is 1. The van der Waals surface area contributed by atoms with Gasteiger partial charge in [0.25, 0.3) is 5.91 Å². The average molecular weight is 1800 g/mol. The van der Waals surface area contributed by atoms with Crippen LogP contribution >= 0.6 is 23.2 Å². The molecule has 37 nitrogen and oxygen atoms in total. The second-order valence-electron chi connectivity index (χ2n) is 31.6. The largest absolute Gasteiger partial charge is 0.573 e. The van der Waals surface area contributed by atoms with Gasteiger partial charge >= 0.3 is 6.36 Å². The summed E-state index contributed by atoms with van der Waals surface area (Å²) in [5, 5.41) is 131. The number of benzene rings is 7. The van der Waals surface area contributed by atoms with Crippen molar-refractivity contribution < 1.29 is 135 Å². The number of phenols is 3. The van der Waals surface area contributed by atoms with Crippen molar-refractivity contribution in [2.75, 3.05) is 33.1 Å². The summed E-state index contributed by atoms with van der Waals surface area (Å²) < 4.78 is 81.9. The van der Waals surface area contributed by atoms with Gasteiger partial charge in [0, 0.05) is 55.5 Å². The van der Waals surface area contributed by atoms with Crippen LogP contribution in [0.5, 0.6) is 51.7 Å². The summed E-state index contributed by atoms with van der Waals surface area (Å²) in [5.74, 6) is -16.3. The summed E-state index contributed by atoms with van der Waals surface area (Å²) in [6.45, 7) is 5.70. The zero-order valence-corrected chi connectivity index (χ0v) is 69.7. The molecule has 7 aliphatic rings. The first-order valence-electron chi connectivity index (χ1n) is 39.5. The van der Waals surface area contributed by atoms with Crippen LogP contribution in [0.4, 0.5) is 18.9 Å². The van der Waals surface area contributed by atoms with Crippen molar-refractivity contribution in [1.29, 1.82) is 0 Å². The molecule has 126 heavy (non-hydrogen) atoms. The van der Waals surface area contributed by atoms with Gasteiger partial charge in [0.2, 0.25) is 59.3 Å². The molecule has 2 saturated heterocycles. The highest BCUT2D eigenvalue weighted by molar-refractivity contribution is 6.32. The van der Waals surface area contributed by atoms with E-state index < -0.39 is 260 Å². The van der Waals surface area contributed by atoms with Gasteiger partial charge in [0.15, 0.2) is 23.9 Å². The molecule has 0 aromatic heterocycles. The predicted molar refractivity (Wildman–Crippen MR) is 438 cm³/mol. The van der Waals surface area contributed by atoms with Crippen LogP contribution in [0.25, 0.3) is 11.1 Å². The van der Waals surface area contributed by atoms with E-state index >= 15 is 24.0 Å². The molecule has 11 bridgehead atoms. The number of nitrogens with one attached hydrogen (secondary N) is 10. The molecule has 7 aromatic carbocycles. The first kappa shape index (κ1) is 93.4. The van der Waals surface area contributed by atoms with Crippen LogP contribution in [-0.4, -0.2) is 217 Å². The van der Waals surface area contributed by atoms with Gasteiger partial charge < -0.3 is 133 Å². The molecule has 7 aliphatic heterocycles. The molecular weight excluding hydrogens is 1700 g/mol. The number of phenolic OH excluding ortho intramolecular Hbond substituents is 3. The number of nitrogens with zero attached hydrogens (tertiary/aromatic N) is 1. The number of alkyl halides is 3. The molecule has 2 fully saturated rings. The normalized spacial score (nSPS) is 26.0. The SMILES string of the molecule is CN[C@H](CC(C)C)C(=O)N[C@H]1C(=O)N[C@@H](CC(N)=O)C(=O)N[C@H]2C(=O)N[C@H]3C(=O)N[C@H](C(=O)N[C@@H](C(=O)NN(C)C)c4cc(O)cc(O)c4-c4cc3ccc4O)[C@H](O)c3ccc(c(Cl)c3)Oc3cc2cc(c3O[C@@H]2O[C@H](CO)[C@@H](O)[C@H](O)[C@H]2O[C@H]2C[C@](C)(NCc3cccc(NC(=O)Cc4ccc(OC(F)(F)F)cc4)c3)[C@H](O)[C@H](C)O2)Oc2ccc(cc2Cl)[C@H]1O. The van der Waals surface area contributed by atoms with Crippen LogP contribution in [0.2, 0.25) is 10.0 Å². The zero-order valence-electron chi connectivity index (χ0n) is 68.2. The van der Waals surface area contributed by atoms with E-state index in [-0.39, 0.29) is 54.2 Å². The minimum atomic E-state index is -4.93. The third-order valence-electron chi connectivity index (χ3n) is 21.5. The van der Waals surface area contributed by atoms with Crippen molar-refractivity contribution in [2.45, 2.75) is 176 Å². The summed E-state index contributed by atoms with van der Waals surface area (Å²) in [6.07, 6.45) is -24.7. The molecule has 0 saturated carbocycles. The van der Waals surface area contributed by atoms with Crippen LogP contribution in [-0.2, 0) is 70.3 Å². The number of nitrogens with two attached hydrogens (primary N) is 1. The van der Waals surface area contributed by atoms with Crippen LogP contribution in [0.1, 0.15) is 116 Å². The number of hydrogen-bond acceptors (Lipinski definition) is 28. The molecule has 0 unspecified atom stereocenters. The third-order valence-corrected chi connectivity index (χ3v) is 22.1. The molecule has 14 rings (SSSR count). The molecule has 21 N–H and O–H groups in total. The quantitative estimate of drug-likeness (QED) is 0.0458. The smallest absolute Gasteiger partial charge is 0.508 e. The number of anilines is 1. The lowest BCUT2D eigenvalue weighted by atomic mass is 9.84.